The molecule has 2 heterocycles. The second-order valence-electron chi connectivity index (χ2n) is 2.80. The first-order chi connectivity index (χ1) is 6.84. The monoisotopic (exact) mass is 190 g/mol. The van der Waals surface area contributed by atoms with Gasteiger partial charge in [0.1, 0.15) is 5.82 Å². The topological polar surface area (TPSA) is 63.8 Å². The van der Waals surface area contributed by atoms with Crippen molar-refractivity contribution in [2.75, 3.05) is 5.32 Å². The Labute approximate surface area is 81.2 Å². The molecule has 0 amide bonds. The van der Waals surface area contributed by atoms with Gasteiger partial charge in [-0.15, -0.1) is 0 Å². The average Bonchev–Trinajstić information content (AvgIpc) is 2.63. The van der Waals surface area contributed by atoms with Crippen LogP contribution in [0, 0.1) is 6.92 Å². The van der Waals surface area contributed by atoms with E-state index in [0.717, 1.165) is 5.82 Å². The Hall–Kier alpha value is -1.91. The predicted octanol–water partition coefficient (Wildman–Crippen LogP) is 1.39. The smallest absolute Gasteiger partial charge is 0.223 e. The number of anilines is 1. The van der Waals surface area contributed by atoms with E-state index in [-0.39, 0.29) is 0 Å². The van der Waals surface area contributed by atoms with Crippen LogP contribution in [-0.2, 0) is 6.54 Å². The molecule has 5 nitrogen and oxygen atoms in total. The molecule has 0 bridgehead atoms. The summed E-state index contributed by atoms with van der Waals surface area (Å²) in [5.74, 6) is 2.01. The lowest BCUT2D eigenvalue weighted by molar-refractivity contribution is 0.388. The van der Waals surface area contributed by atoms with E-state index in [1.807, 2.05) is 18.2 Å². The summed E-state index contributed by atoms with van der Waals surface area (Å²) in [5, 5.41) is 6.83. The average molecular weight is 190 g/mol. The SMILES string of the molecule is Cc1nc(CNc2ccccn2)no1. The first-order valence-corrected chi connectivity index (χ1v) is 4.29. The number of hydrogen-bond acceptors (Lipinski definition) is 5. The number of nitrogens with zero attached hydrogens (tertiary/aromatic N) is 3. The number of nitrogens with one attached hydrogen (secondary N) is 1. The van der Waals surface area contributed by atoms with Crippen molar-refractivity contribution in [3.8, 4) is 0 Å². The minimum atomic E-state index is 0.522. The fraction of sp³-hybridized carbons (Fsp3) is 0.222. The molecule has 1 N–H and O–H groups in total. The van der Waals surface area contributed by atoms with Gasteiger partial charge in [-0.1, -0.05) is 11.2 Å². The van der Waals surface area contributed by atoms with Gasteiger partial charge >= 0.3 is 0 Å². The van der Waals surface area contributed by atoms with Crippen molar-refractivity contribution in [1.82, 2.24) is 15.1 Å². The van der Waals surface area contributed by atoms with E-state index in [2.05, 4.69) is 20.4 Å². The molecule has 0 atom stereocenters. The van der Waals surface area contributed by atoms with Crippen LogP contribution in [0.15, 0.2) is 28.9 Å². The van der Waals surface area contributed by atoms with Crippen molar-refractivity contribution < 1.29 is 4.52 Å². The summed E-state index contributed by atoms with van der Waals surface area (Å²) >= 11 is 0. The Morgan fingerprint density at radius 2 is 2.36 bits per heavy atom. The maximum absolute atomic E-state index is 4.83. The van der Waals surface area contributed by atoms with Gasteiger partial charge in [-0.2, -0.15) is 4.98 Å². The Balaban J connectivity index is 1.95. The highest BCUT2D eigenvalue weighted by Gasteiger charge is 2.01. The van der Waals surface area contributed by atoms with Crippen LogP contribution in [0.4, 0.5) is 5.82 Å². The first-order valence-electron chi connectivity index (χ1n) is 4.29. The molecule has 0 saturated carbocycles. The highest BCUT2D eigenvalue weighted by molar-refractivity contribution is 5.32. The van der Waals surface area contributed by atoms with Gasteiger partial charge < -0.3 is 9.84 Å². The van der Waals surface area contributed by atoms with E-state index < -0.39 is 0 Å². The fourth-order valence-corrected chi connectivity index (χ4v) is 1.05. The van der Waals surface area contributed by atoms with Crippen molar-refractivity contribution in [2.45, 2.75) is 13.5 Å². The molecule has 0 aromatic carbocycles. The molecule has 0 fully saturated rings. The van der Waals surface area contributed by atoms with E-state index in [0.29, 0.717) is 18.3 Å². The van der Waals surface area contributed by atoms with Gasteiger partial charge in [0, 0.05) is 13.1 Å². The zero-order valence-corrected chi connectivity index (χ0v) is 7.77. The van der Waals surface area contributed by atoms with Crippen LogP contribution in [0.25, 0.3) is 0 Å². The Morgan fingerprint density at radius 3 is 3.00 bits per heavy atom. The lowest BCUT2D eigenvalue weighted by Crippen LogP contribution is -2.02. The Morgan fingerprint density at radius 1 is 1.43 bits per heavy atom. The van der Waals surface area contributed by atoms with Crippen molar-refractivity contribution in [3.63, 3.8) is 0 Å². The van der Waals surface area contributed by atoms with Gasteiger partial charge in [0.15, 0.2) is 5.82 Å². The van der Waals surface area contributed by atoms with Crippen molar-refractivity contribution >= 4 is 5.82 Å². The van der Waals surface area contributed by atoms with Crippen LogP contribution < -0.4 is 5.32 Å². The van der Waals surface area contributed by atoms with Crippen molar-refractivity contribution in [2.24, 2.45) is 0 Å². The van der Waals surface area contributed by atoms with E-state index in [9.17, 15) is 0 Å². The third-order valence-electron chi connectivity index (χ3n) is 1.66. The summed E-state index contributed by atoms with van der Waals surface area (Å²) in [7, 11) is 0. The molecular formula is C9H10N4O. The largest absolute Gasteiger partial charge is 0.363 e. The van der Waals surface area contributed by atoms with Gasteiger partial charge in [-0.25, -0.2) is 4.98 Å². The third-order valence-corrected chi connectivity index (χ3v) is 1.66. The normalized spacial score (nSPS) is 10.1. The molecule has 2 aromatic rings. The molecule has 0 aliphatic carbocycles. The minimum absolute atomic E-state index is 0.522. The second kappa shape index (κ2) is 3.87. The van der Waals surface area contributed by atoms with Crippen LogP contribution in [0.2, 0.25) is 0 Å². The highest BCUT2D eigenvalue weighted by Crippen LogP contribution is 2.02. The van der Waals surface area contributed by atoms with E-state index in [1.54, 1.807) is 13.1 Å². The van der Waals surface area contributed by atoms with E-state index >= 15 is 0 Å². The van der Waals surface area contributed by atoms with Crippen LogP contribution >= 0.6 is 0 Å². The quantitative estimate of drug-likeness (QED) is 0.792. The molecule has 14 heavy (non-hydrogen) atoms. The highest BCUT2D eigenvalue weighted by atomic mass is 16.5. The zero-order chi connectivity index (χ0) is 9.80. The van der Waals surface area contributed by atoms with Crippen molar-refractivity contribution in [1.29, 1.82) is 0 Å². The molecule has 5 heteroatoms. The summed E-state index contributed by atoms with van der Waals surface area (Å²) in [6.45, 7) is 2.28. The maximum Gasteiger partial charge on any atom is 0.223 e. The van der Waals surface area contributed by atoms with Crippen LogP contribution in [0.5, 0.6) is 0 Å². The molecule has 2 rings (SSSR count). The molecule has 0 unspecified atom stereocenters. The lowest BCUT2D eigenvalue weighted by atomic mass is 10.4. The maximum atomic E-state index is 4.83. The van der Waals surface area contributed by atoms with Gasteiger partial charge in [-0.05, 0) is 12.1 Å². The number of pyridine rings is 1. The molecule has 72 valence electrons. The molecule has 0 aliphatic heterocycles. The summed E-state index contributed by atoms with van der Waals surface area (Å²) in [6.07, 6.45) is 1.73. The third kappa shape index (κ3) is 2.07. The Kier molecular flexibility index (Phi) is 2.40. The van der Waals surface area contributed by atoms with Gasteiger partial charge in [0.25, 0.3) is 0 Å². The molecule has 0 aliphatic rings. The minimum Gasteiger partial charge on any atom is -0.363 e. The zero-order valence-electron chi connectivity index (χ0n) is 7.77. The summed E-state index contributed by atoms with van der Waals surface area (Å²) in [4.78, 5) is 8.16. The summed E-state index contributed by atoms with van der Waals surface area (Å²) < 4.78 is 4.83. The van der Waals surface area contributed by atoms with Gasteiger partial charge in [0.2, 0.25) is 5.89 Å². The van der Waals surface area contributed by atoms with E-state index in [1.165, 1.54) is 0 Å². The number of rotatable bonds is 3. The summed E-state index contributed by atoms with van der Waals surface area (Å²) in [5.41, 5.74) is 0. The van der Waals surface area contributed by atoms with Gasteiger partial charge in [-0.3, -0.25) is 0 Å². The van der Waals surface area contributed by atoms with E-state index in [4.69, 9.17) is 4.52 Å². The number of hydrogen-bond donors (Lipinski definition) is 1. The fourth-order valence-electron chi connectivity index (χ4n) is 1.05. The predicted molar refractivity (Wildman–Crippen MR) is 50.6 cm³/mol. The lowest BCUT2D eigenvalue weighted by Gasteiger charge is -1.99. The van der Waals surface area contributed by atoms with Gasteiger partial charge in [0.05, 0.1) is 6.54 Å². The first kappa shape index (κ1) is 8.68. The summed E-state index contributed by atoms with van der Waals surface area (Å²) in [6, 6.07) is 5.66. The molecule has 0 spiro atoms. The number of aromatic nitrogens is 3. The molecule has 0 radical (unpaired) electrons. The van der Waals surface area contributed by atoms with Crippen LogP contribution in [0.3, 0.4) is 0 Å². The van der Waals surface area contributed by atoms with Crippen LogP contribution in [-0.4, -0.2) is 15.1 Å². The number of aryl methyl sites for hydroxylation is 1. The molecule has 0 saturated heterocycles. The van der Waals surface area contributed by atoms with Crippen molar-refractivity contribution in [3.05, 3.63) is 36.1 Å². The Bertz CT molecular complexity index is 398. The second-order valence-corrected chi connectivity index (χ2v) is 2.80. The molecule has 2 aromatic heterocycles. The molecular weight excluding hydrogens is 180 g/mol. The standard InChI is InChI=1S/C9H10N4O/c1-7-12-9(13-14-7)6-11-8-4-2-3-5-10-8/h2-5H,6H2,1H3,(H,10,11). The van der Waals surface area contributed by atoms with Crippen LogP contribution in [0.1, 0.15) is 11.7 Å².